The number of nitrogens with zero attached hydrogens (tertiary/aromatic N) is 3. The lowest BCUT2D eigenvalue weighted by molar-refractivity contribution is 0.102. The number of benzene rings is 1. The number of hydrogen-bond acceptors (Lipinski definition) is 7. The van der Waals surface area contributed by atoms with Gasteiger partial charge in [-0.25, -0.2) is 4.98 Å². The number of nitrogens with one attached hydrogen (secondary N) is 1. The first-order valence-corrected chi connectivity index (χ1v) is 11.6. The van der Waals surface area contributed by atoms with Crippen LogP contribution in [-0.2, 0) is 12.2 Å². The molecule has 2 aromatic heterocycles. The van der Waals surface area contributed by atoms with Crippen LogP contribution in [0.2, 0.25) is 0 Å². The third-order valence-electron chi connectivity index (χ3n) is 3.85. The number of anilines is 1. The van der Waals surface area contributed by atoms with Crippen LogP contribution in [0.4, 0.5) is 5.13 Å². The van der Waals surface area contributed by atoms with Crippen molar-refractivity contribution in [1.82, 2.24) is 15.2 Å². The number of amides is 1. The summed E-state index contributed by atoms with van der Waals surface area (Å²) in [6, 6.07) is 7.62. The van der Waals surface area contributed by atoms with Gasteiger partial charge in [0.25, 0.3) is 5.91 Å². The van der Waals surface area contributed by atoms with Gasteiger partial charge >= 0.3 is 0 Å². The third kappa shape index (κ3) is 6.12. The molecule has 0 aliphatic heterocycles. The molecule has 3 aromatic rings. The van der Waals surface area contributed by atoms with E-state index in [0.29, 0.717) is 10.7 Å². The summed E-state index contributed by atoms with van der Waals surface area (Å²) in [6.07, 6.45) is 4.40. The Morgan fingerprint density at radius 2 is 2.00 bits per heavy atom. The molecule has 0 atom stereocenters. The van der Waals surface area contributed by atoms with Gasteiger partial charge in [-0.3, -0.25) is 10.1 Å². The van der Waals surface area contributed by atoms with Gasteiger partial charge in [0, 0.05) is 28.0 Å². The molecule has 0 aliphatic carbocycles. The zero-order chi connectivity index (χ0) is 19.1. The van der Waals surface area contributed by atoms with Crippen molar-refractivity contribution in [2.24, 2.45) is 0 Å². The fourth-order valence-electron chi connectivity index (χ4n) is 2.44. The van der Waals surface area contributed by atoms with E-state index >= 15 is 0 Å². The summed E-state index contributed by atoms with van der Waals surface area (Å²) in [7, 11) is 0. The second-order valence-corrected chi connectivity index (χ2v) is 9.26. The number of carbonyl (C=O) groups excluding carboxylic acids is 1. The monoisotopic (exact) mass is 418 g/mol. The lowest BCUT2D eigenvalue weighted by Crippen LogP contribution is -2.11. The van der Waals surface area contributed by atoms with Crippen LogP contribution >= 0.6 is 34.4 Å². The summed E-state index contributed by atoms with van der Waals surface area (Å²) >= 11 is 4.84. The van der Waals surface area contributed by atoms with E-state index in [1.54, 1.807) is 23.1 Å². The fourth-order valence-corrected chi connectivity index (χ4v) is 4.72. The van der Waals surface area contributed by atoms with Gasteiger partial charge in [-0.2, -0.15) is 0 Å². The average molecular weight is 419 g/mol. The van der Waals surface area contributed by atoms with E-state index in [1.807, 2.05) is 31.2 Å². The summed E-state index contributed by atoms with van der Waals surface area (Å²) in [5.74, 6) is 0.680. The van der Waals surface area contributed by atoms with Crippen molar-refractivity contribution in [3.05, 3.63) is 50.9 Å². The van der Waals surface area contributed by atoms with E-state index in [0.717, 1.165) is 39.2 Å². The predicted octanol–water partition coefficient (Wildman–Crippen LogP) is 5.58. The standard InChI is InChI=1S/C19H22N4OS3/c1-3-4-5-6-17-22-23-19(27-17)21-18(24)14-7-9-16(10-8-14)26-12-15-11-25-13(2)20-15/h7-11H,3-6,12H2,1-2H3,(H,21,23,24). The van der Waals surface area contributed by atoms with Crippen LogP contribution in [0.25, 0.3) is 0 Å². The predicted molar refractivity (Wildman–Crippen MR) is 114 cm³/mol. The van der Waals surface area contributed by atoms with Gasteiger partial charge in [0.15, 0.2) is 0 Å². The Morgan fingerprint density at radius 1 is 1.19 bits per heavy atom. The lowest BCUT2D eigenvalue weighted by Gasteiger charge is -2.03. The molecule has 27 heavy (non-hydrogen) atoms. The van der Waals surface area contributed by atoms with Gasteiger partial charge in [-0.15, -0.1) is 33.3 Å². The van der Waals surface area contributed by atoms with Crippen LogP contribution in [-0.4, -0.2) is 21.1 Å². The maximum atomic E-state index is 12.4. The first-order valence-electron chi connectivity index (χ1n) is 8.91. The molecule has 142 valence electrons. The normalized spacial score (nSPS) is 10.9. The molecule has 8 heteroatoms. The molecule has 0 saturated carbocycles. The summed E-state index contributed by atoms with van der Waals surface area (Å²) in [5, 5.41) is 15.8. The highest BCUT2D eigenvalue weighted by atomic mass is 32.2. The van der Waals surface area contributed by atoms with Crippen LogP contribution in [0.1, 0.15) is 52.3 Å². The van der Waals surface area contributed by atoms with E-state index in [-0.39, 0.29) is 5.91 Å². The zero-order valence-electron chi connectivity index (χ0n) is 15.4. The number of thioether (sulfide) groups is 1. The van der Waals surface area contributed by atoms with Crippen molar-refractivity contribution in [2.45, 2.75) is 50.2 Å². The largest absolute Gasteiger partial charge is 0.296 e. The highest BCUT2D eigenvalue weighted by Gasteiger charge is 2.10. The summed E-state index contributed by atoms with van der Waals surface area (Å²) < 4.78 is 0. The smallest absolute Gasteiger partial charge is 0.257 e. The molecule has 0 radical (unpaired) electrons. The van der Waals surface area contributed by atoms with Gasteiger partial charge in [0.2, 0.25) is 5.13 Å². The molecule has 0 aliphatic rings. The van der Waals surface area contributed by atoms with Crippen molar-refractivity contribution in [3.8, 4) is 0 Å². The highest BCUT2D eigenvalue weighted by Crippen LogP contribution is 2.24. The molecule has 0 spiro atoms. The molecule has 1 N–H and O–H groups in total. The van der Waals surface area contributed by atoms with Crippen LogP contribution < -0.4 is 5.32 Å². The maximum Gasteiger partial charge on any atom is 0.257 e. The van der Waals surface area contributed by atoms with Crippen molar-refractivity contribution in [3.63, 3.8) is 0 Å². The van der Waals surface area contributed by atoms with E-state index in [9.17, 15) is 4.79 Å². The molecular formula is C19H22N4OS3. The van der Waals surface area contributed by atoms with Gasteiger partial charge in [-0.1, -0.05) is 31.1 Å². The molecule has 0 fully saturated rings. The van der Waals surface area contributed by atoms with Crippen molar-refractivity contribution in [2.75, 3.05) is 5.32 Å². The first-order chi connectivity index (χ1) is 13.1. The highest BCUT2D eigenvalue weighted by molar-refractivity contribution is 7.98. The number of unbranched alkanes of at least 4 members (excludes halogenated alkanes) is 2. The Balaban J connectivity index is 1.51. The van der Waals surface area contributed by atoms with E-state index in [4.69, 9.17) is 0 Å². The van der Waals surface area contributed by atoms with Gasteiger partial charge < -0.3 is 0 Å². The van der Waals surface area contributed by atoms with Gasteiger partial charge in [0.05, 0.1) is 10.7 Å². The molecular weight excluding hydrogens is 396 g/mol. The van der Waals surface area contributed by atoms with E-state index in [1.165, 1.54) is 24.2 Å². The number of aromatic nitrogens is 3. The quantitative estimate of drug-likeness (QED) is 0.363. The van der Waals surface area contributed by atoms with Crippen molar-refractivity contribution < 1.29 is 4.79 Å². The summed E-state index contributed by atoms with van der Waals surface area (Å²) in [5.41, 5.74) is 1.71. The Morgan fingerprint density at radius 3 is 2.70 bits per heavy atom. The van der Waals surface area contributed by atoms with E-state index in [2.05, 4.69) is 32.8 Å². The number of aryl methyl sites for hydroxylation is 2. The minimum atomic E-state index is -0.155. The second kappa shape index (κ2) is 9.96. The molecule has 0 saturated heterocycles. The second-order valence-electron chi connectivity index (χ2n) is 6.08. The number of carbonyl (C=O) groups is 1. The van der Waals surface area contributed by atoms with Crippen molar-refractivity contribution in [1.29, 1.82) is 0 Å². The maximum absolute atomic E-state index is 12.4. The Hall–Kier alpha value is -1.77. The molecule has 3 rings (SSSR count). The van der Waals surface area contributed by atoms with Gasteiger partial charge in [0.1, 0.15) is 5.01 Å². The summed E-state index contributed by atoms with van der Waals surface area (Å²) in [6.45, 7) is 4.19. The molecule has 1 amide bonds. The minimum Gasteiger partial charge on any atom is -0.296 e. The number of thiazole rings is 1. The SMILES string of the molecule is CCCCCc1nnc(NC(=O)c2ccc(SCc3csc(C)n3)cc2)s1. The number of rotatable bonds is 9. The third-order valence-corrected chi connectivity index (χ3v) is 6.62. The van der Waals surface area contributed by atoms with Crippen LogP contribution in [0, 0.1) is 6.92 Å². The topological polar surface area (TPSA) is 67.8 Å². The fraction of sp³-hybridized carbons (Fsp3) is 0.368. The van der Waals surface area contributed by atoms with Crippen LogP contribution in [0.5, 0.6) is 0 Å². The van der Waals surface area contributed by atoms with Crippen molar-refractivity contribution >= 4 is 45.5 Å². The molecule has 0 unspecified atom stereocenters. The Labute approximate surface area is 171 Å². The number of hydrogen-bond donors (Lipinski definition) is 1. The zero-order valence-corrected chi connectivity index (χ0v) is 17.8. The van der Waals surface area contributed by atoms with Crippen LogP contribution in [0.3, 0.4) is 0 Å². The Bertz CT molecular complexity index is 873. The first kappa shape index (κ1) is 20.0. The molecule has 0 bridgehead atoms. The Kier molecular flexibility index (Phi) is 7.37. The lowest BCUT2D eigenvalue weighted by atomic mass is 10.2. The molecule has 2 heterocycles. The molecule has 1 aromatic carbocycles. The minimum absolute atomic E-state index is 0.155. The summed E-state index contributed by atoms with van der Waals surface area (Å²) in [4.78, 5) is 18.0. The van der Waals surface area contributed by atoms with E-state index < -0.39 is 0 Å². The average Bonchev–Trinajstić information content (AvgIpc) is 3.29. The molecule has 5 nitrogen and oxygen atoms in total. The van der Waals surface area contributed by atoms with Crippen LogP contribution in [0.15, 0.2) is 34.5 Å². The van der Waals surface area contributed by atoms with Gasteiger partial charge in [-0.05, 0) is 37.6 Å².